The van der Waals surface area contributed by atoms with Crippen molar-refractivity contribution in [3.63, 3.8) is 0 Å². The summed E-state index contributed by atoms with van der Waals surface area (Å²) in [7, 11) is -1.81. The summed E-state index contributed by atoms with van der Waals surface area (Å²) in [6.07, 6.45) is 0. The molecule has 0 aliphatic heterocycles. The van der Waals surface area contributed by atoms with E-state index in [9.17, 15) is 4.57 Å². The van der Waals surface area contributed by atoms with Crippen LogP contribution in [0.25, 0.3) is 0 Å². The fourth-order valence-electron chi connectivity index (χ4n) is 2.38. The molecule has 0 spiro atoms. The molecule has 2 aromatic rings. The maximum Gasteiger partial charge on any atom is 0.357 e. The van der Waals surface area contributed by atoms with Gasteiger partial charge in [-0.1, -0.05) is 28.1 Å². The standard InChI is InChI=1S/C18H23BrNO4P/c1-4-23-25(21,24-5-2)18(14-6-12-17(22-3)13-7-14)20-16-10-8-15(19)9-11-16/h6-13,18,20H,4-5H2,1-3H3/t18-/m0/s1. The minimum atomic E-state index is -3.42. The van der Waals surface area contributed by atoms with Crippen LogP contribution in [0.1, 0.15) is 25.2 Å². The zero-order valence-electron chi connectivity index (χ0n) is 14.6. The van der Waals surface area contributed by atoms with Gasteiger partial charge in [-0.25, -0.2) is 0 Å². The number of ether oxygens (including phenoxy) is 1. The van der Waals surface area contributed by atoms with Crippen molar-refractivity contribution in [3.05, 3.63) is 58.6 Å². The number of benzene rings is 2. The highest BCUT2D eigenvalue weighted by Gasteiger charge is 2.37. The molecule has 0 saturated heterocycles. The Kier molecular flexibility index (Phi) is 7.51. The molecule has 7 heteroatoms. The molecule has 0 heterocycles. The van der Waals surface area contributed by atoms with Crippen molar-refractivity contribution in [1.29, 1.82) is 0 Å². The average Bonchev–Trinajstić information content (AvgIpc) is 2.62. The monoisotopic (exact) mass is 427 g/mol. The highest BCUT2D eigenvalue weighted by Crippen LogP contribution is 2.60. The van der Waals surface area contributed by atoms with Crippen molar-refractivity contribution in [2.45, 2.75) is 19.6 Å². The molecule has 1 N–H and O–H groups in total. The minimum Gasteiger partial charge on any atom is -0.497 e. The first-order chi connectivity index (χ1) is 12.0. The maximum absolute atomic E-state index is 13.4. The number of hydrogen-bond donors (Lipinski definition) is 1. The molecule has 0 radical (unpaired) electrons. The van der Waals surface area contributed by atoms with Crippen LogP contribution in [-0.2, 0) is 13.6 Å². The van der Waals surface area contributed by atoms with Crippen LogP contribution >= 0.6 is 23.5 Å². The topological polar surface area (TPSA) is 56.8 Å². The van der Waals surface area contributed by atoms with Gasteiger partial charge in [0.05, 0.1) is 20.3 Å². The average molecular weight is 428 g/mol. The van der Waals surface area contributed by atoms with Gasteiger partial charge in [-0.05, 0) is 55.8 Å². The highest BCUT2D eigenvalue weighted by molar-refractivity contribution is 9.10. The first kappa shape index (κ1) is 20.0. The van der Waals surface area contributed by atoms with Crippen LogP contribution < -0.4 is 10.1 Å². The third-order valence-corrected chi connectivity index (χ3v) is 6.34. The van der Waals surface area contributed by atoms with Crippen molar-refractivity contribution >= 4 is 29.2 Å². The molecule has 0 aliphatic carbocycles. The van der Waals surface area contributed by atoms with Gasteiger partial charge in [-0.3, -0.25) is 4.57 Å². The number of anilines is 1. The molecular formula is C18H23BrNO4P. The summed E-state index contributed by atoms with van der Waals surface area (Å²) in [5.41, 5.74) is 1.62. The molecule has 136 valence electrons. The first-order valence-corrected chi connectivity index (χ1v) is 10.5. The number of hydrogen-bond acceptors (Lipinski definition) is 5. The second kappa shape index (κ2) is 9.39. The van der Waals surface area contributed by atoms with E-state index >= 15 is 0 Å². The summed E-state index contributed by atoms with van der Waals surface area (Å²) in [6, 6.07) is 15.0. The van der Waals surface area contributed by atoms with E-state index in [1.54, 1.807) is 21.0 Å². The second-order valence-corrected chi connectivity index (χ2v) is 8.23. The fourth-order valence-corrected chi connectivity index (χ4v) is 4.58. The van der Waals surface area contributed by atoms with E-state index in [-0.39, 0.29) is 0 Å². The van der Waals surface area contributed by atoms with Crippen LogP contribution in [0.15, 0.2) is 53.0 Å². The minimum absolute atomic E-state index is 0.298. The zero-order chi connectivity index (χ0) is 18.3. The van der Waals surface area contributed by atoms with Gasteiger partial charge in [-0.15, -0.1) is 0 Å². The van der Waals surface area contributed by atoms with E-state index in [0.717, 1.165) is 21.5 Å². The third kappa shape index (κ3) is 5.32. The summed E-state index contributed by atoms with van der Waals surface area (Å²) in [4.78, 5) is 0. The van der Waals surface area contributed by atoms with Crippen molar-refractivity contribution in [2.24, 2.45) is 0 Å². The largest absolute Gasteiger partial charge is 0.497 e. The number of methoxy groups -OCH3 is 1. The molecule has 5 nitrogen and oxygen atoms in total. The summed E-state index contributed by atoms with van der Waals surface area (Å²) in [5, 5.41) is 3.30. The van der Waals surface area contributed by atoms with Crippen molar-refractivity contribution < 1.29 is 18.3 Å². The Labute approximate surface area is 157 Å². The SMILES string of the molecule is CCOP(=O)(OCC)[C@H](Nc1ccc(Br)cc1)c1ccc(OC)cc1. The Hall–Kier alpha value is -1.33. The lowest BCUT2D eigenvalue weighted by molar-refractivity contribution is 0.214. The molecule has 2 aromatic carbocycles. The molecule has 0 amide bonds. The predicted octanol–water partition coefficient (Wildman–Crippen LogP) is 5.83. The molecule has 2 rings (SSSR count). The highest BCUT2D eigenvalue weighted by atomic mass is 79.9. The zero-order valence-corrected chi connectivity index (χ0v) is 17.0. The lowest BCUT2D eigenvalue weighted by atomic mass is 10.2. The van der Waals surface area contributed by atoms with E-state index in [1.807, 2.05) is 48.5 Å². The van der Waals surface area contributed by atoms with Crippen LogP contribution in [-0.4, -0.2) is 20.3 Å². The van der Waals surface area contributed by atoms with Gasteiger partial charge < -0.3 is 19.1 Å². The molecule has 0 saturated carbocycles. The maximum atomic E-state index is 13.4. The van der Waals surface area contributed by atoms with Crippen molar-refractivity contribution in [2.75, 3.05) is 25.6 Å². The Morgan fingerprint density at radius 1 is 1.00 bits per heavy atom. The quantitative estimate of drug-likeness (QED) is 0.509. The molecule has 0 fully saturated rings. The summed E-state index contributed by atoms with van der Waals surface area (Å²) >= 11 is 3.42. The van der Waals surface area contributed by atoms with E-state index in [2.05, 4.69) is 21.2 Å². The molecule has 0 aliphatic rings. The van der Waals surface area contributed by atoms with Crippen LogP contribution in [0.2, 0.25) is 0 Å². The molecule has 1 atom stereocenters. The molecule has 25 heavy (non-hydrogen) atoms. The fraction of sp³-hybridized carbons (Fsp3) is 0.333. The van der Waals surface area contributed by atoms with Crippen LogP contribution in [0.5, 0.6) is 5.75 Å². The van der Waals surface area contributed by atoms with Crippen molar-refractivity contribution in [1.82, 2.24) is 0 Å². The summed E-state index contributed by atoms with van der Waals surface area (Å²) in [5.74, 6) is 0.105. The normalized spacial score (nSPS) is 12.6. The van der Waals surface area contributed by atoms with Gasteiger partial charge in [0, 0.05) is 10.2 Å². The van der Waals surface area contributed by atoms with Gasteiger partial charge in [0.2, 0.25) is 0 Å². The van der Waals surface area contributed by atoms with Gasteiger partial charge >= 0.3 is 7.60 Å². The second-order valence-electron chi connectivity index (χ2n) is 5.20. The van der Waals surface area contributed by atoms with Gasteiger partial charge in [0.15, 0.2) is 5.78 Å². The Morgan fingerprint density at radius 2 is 1.56 bits per heavy atom. The molecular weight excluding hydrogens is 405 g/mol. The predicted molar refractivity (Wildman–Crippen MR) is 104 cm³/mol. The Morgan fingerprint density at radius 3 is 2.04 bits per heavy atom. The van der Waals surface area contributed by atoms with Crippen molar-refractivity contribution in [3.8, 4) is 5.75 Å². The summed E-state index contributed by atoms with van der Waals surface area (Å²) in [6.45, 7) is 4.20. The van der Waals surface area contributed by atoms with E-state index < -0.39 is 13.4 Å². The summed E-state index contributed by atoms with van der Waals surface area (Å²) < 4.78 is 30.7. The number of halogens is 1. The van der Waals surface area contributed by atoms with Crippen LogP contribution in [0.3, 0.4) is 0 Å². The lowest BCUT2D eigenvalue weighted by Crippen LogP contribution is -2.15. The molecule has 0 unspecified atom stereocenters. The number of nitrogens with one attached hydrogen (secondary N) is 1. The van der Waals surface area contributed by atoms with Gasteiger partial charge in [0.25, 0.3) is 0 Å². The Bertz CT molecular complexity index is 696. The van der Waals surface area contributed by atoms with Crippen LogP contribution in [0, 0.1) is 0 Å². The smallest absolute Gasteiger partial charge is 0.357 e. The molecule has 0 aromatic heterocycles. The number of rotatable bonds is 9. The lowest BCUT2D eigenvalue weighted by Gasteiger charge is -2.28. The van der Waals surface area contributed by atoms with Gasteiger partial charge in [0.1, 0.15) is 5.75 Å². The third-order valence-electron chi connectivity index (χ3n) is 3.51. The Balaban J connectivity index is 2.41. The molecule has 0 bridgehead atoms. The van der Waals surface area contributed by atoms with Crippen LogP contribution in [0.4, 0.5) is 5.69 Å². The first-order valence-electron chi connectivity index (χ1n) is 8.07. The van der Waals surface area contributed by atoms with E-state index in [4.69, 9.17) is 13.8 Å². The van der Waals surface area contributed by atoms with E-state index in [0.29, 0.717) is 13.2 Å². The van der Waals surface area contributed by atoms with Gasteiger partial charge in [-0.2, -0.15) is 0 Å². The van der Waals surface area contributed by atoms with E-state index in [1.165, 1.54) is 0 Å².